The fourth-order valence-corrected chi connectivity index (χ4v) is 2.81. The van der Waals surface area contributed by atoms with Gasteiger partial charge in [0.05, 0.1) is 18.3 Å². The van der Waals surface area contributed by atoms with Gasteiger partial charge in [0.2, 0.25) is 0 Å². The second kappa shape index (κ2) is 5.85. The molecule has 2 unspecified atom stereocenters. The molecule has 0 saturated carbocycles. The van der Waals surface area contributed by atoms with Gasteiger partial charge in [-0.25, -0.2) is 0 Å². The van der Waals surface area contributed by atoms with Crippen LogP contribution in [0.2, 0.25) is 0 Å². The van der Waals surface area contributed by atoms with Crippen molar-refractivity contribution in [2.24, 2.45) is 5.92 Å². The summed E-state index contributed by atoms with van der Waals surface area (Å²) < 4.78 is 1.09. The highest BCUT2D eigenvalue weighted by molar-refractivity contribution is 9.10. The lowest BCUT2D eigenvalue weighted by molar-refractivity contribution is 0.259. The van der Waals surface area contributed by atoms with Crippen LogP contribution in [0.15, 0.2) is 28.7 Å². The molecule has 1 aliphatic heterocycles. The highest BCUT2D eigenvalue weighted by Crippen LogP contribution is 2.28. The summed E-state index contributed by atoms with van der Waals surface area (Å²) in [6, 6.07) is 8.36. The first-order chi connectivity index (χ1) is 8.22. The van der Waals surface area contributed by atoms with Crippen molar-refractivity contribution in [3.05, 3.63) is 28.7 Å². The van der Waals surface area contributed by atoms with Crippen molar-refractivity contribution >= 4 is 21.6 Å². The molecular weight excluding hydrogens is 280 g/mol. The number of rotatable bonds is 2. The normalized spacial score (nSPS) is 25.7. The number of para-hydroxylation sites is 1. The van der Waals surface area contributed by atoms with Gasteiger partial charge >= 0.3 is 0 Å². The molecule has 1 fully saturated rings. The highest BCUT2D eigenvalue weighted by atomic mass is 79.9. The van der Waals surface area contributed by atoms with E-state index in [9.17, 15) is 5.11 Å². The van der Waals surface area contributed by atoms with Gasteiger partial charge in [-0.15, -0.1) is 0 Å². The van der Waals surface area contributed by atoms with E-state index in [2.05, 4.69) is 39.1 Å². The zero-order chi connectivity index (χ0) is 12.3. The van der Waals surface area contributed by atoms with Crippen LogP contribution in [-0.4, -0.2) is 37.4 Å². The van der Waals surface area contributed by atoms with E-state index in [0.717, 1.165) is 24.1 Å². The number of halogens is 1. The molecule has 0 spiro atoms. The molecule has 94 valence electrons. The van der Waals surface area contributed by atoms with Gasteiger partial charge < -0.3 is 15.3 Å². The standard InChI is InChI=1S/C13H19BrN2O/c1-10-6-15-7-11(9-17)16(8-10)13-5-3-2-4-12(13)14/h2-5,10-11,15,17H,6-9H2,1H3. The second-order valence-electron chi connectivity index (χ2n) is 4.70. The highest BCUT2D eigenvalue weighted by Gasteiger charge is 2.24. The Labute approximate surface area is 111 Å². The quantitative estimate of drug-likeness (QED) is 0.875. The Morgan fingerprint density at radius 2 is 2.18 bits per heavy atom. The Hall–Kier alpha value is -0.580. The minimum Gasteiger partial charge on any atom is -0.394 e. The van der Waals surface area contributed by atoms with E-state index < -0.39 is 0 Å². The molecule has 1 aromatic rings. The monoisotopic (exact) mass is 298 g/mol. The van der Waals surface area contributed by atoms with Gasteiger partial charge in [-0.3, -0.25) is 0 Å². The van der Waals surface area contributed by atoms with Crippen LogP contribution in [-0.2, 0) is 0 Å². The Morgan fingerprint density at radius 3 is 2.88 bits per heavy atom. The van der Waals surface area contributed by atoms with Crippen LogP contribution < -0.4 is 10.2 Å². The molecule has 0 aliphatic carbocycles. The molecule has 2 rings (SSSR count). The van der Waals surface area contributed by atoms with Gasteiger partial charge in [-0.1, -0.05) is 19.1 Å². The summed E-state index contributed by atoms with van der Waals surface area (Å²) in [7, 11) is 0. The molecule has 0 radical (unpaired) electrons. The van der Waals surface area contributed by atoms with Crippen molar-refractivity contribution in [3.63, 3.8) is 0 Å². The second-order valence-corrected chi connectivity index (χ2v) is 5.56. The van der Waals surface area contributed by atoms with Crippen molar-refractivity contribution < 1.29 is 5.11 Å². The third-order valence-corrected chi connectivity index (χ3v) is 3.87. The van der Waals surface area contributed by atoms with E-state index in [1.165, 1.54) is 5.69 Å². The molecule has 3 nitrogen and oxygen atoms in total. The van der Waals surface area contributed by atoms with Crippen LogP contribution in [0.25, 0.3) is 0 Å². The molecular formula is C13H19BrN2O. The van der Waals surface area contributed by atoms with Gasteiger partial charge in [-0.05, 0) is 40.5 Å². The smallest absolute Gasteiger partial charge is 0.0647 e. The average Bonchev–Trinajstić information content (AvgIpc) is 2.51. The minimum absolute atomic E-state index is 0.152. The zero-order valence-corrected chi connectivity index (χ0v) is 11.7. The summed E-state index contributed by atoms with van der Waals surface area (Å²) in [5.74, 6) is 0.582. The lowest BCUT2D eigenvalue weighted by Gasteiger charge is -2.32. The maximum Gasteiger partial charge on any atom is 0.0647 e. The first kappa shape index (κ1) is 12.9. The first-order valence-electron chi connectivity index (χ1n) is 6.05. The maximum absolute atomic E-state index is 9.53. The minimum atomic E-state index is 0.152. The number of hydrogen-bond acceptors (Lipinski definition) is 3. The van der Waals surface area contributed by atoms with Crippen LogP contribution in [0.1, 0.15) is 6.92 Å². The van der Waals surface area contributed by atoms with Crippen LogP contribution in [0.5, 0.6) is 0 Å². The number of aliphatic hydroxyl groups is 1. The number of anilines is 1. The molecule has 0 amide bonds. The van der Waals surface area contributed by atoms with Gasteiger partial charge in [0.15, 0.2) is 0 Å². The van der Waals surface area contributed by atoms with E-state index in [0.29, 0.717) is 5.92 Å². The number of nitrogens with zero attached hydrogens (tertiary/aromatic N) is 1. The van der Waals surface area contributed by atoms with E-state index in [1.807, 2.05) is 18.2 Å². The molecule has 17 heavy (non-hydrogen) atoms. The van der Waals surface area contributed by atoms with Crippen molar-refractivity contribution in [2.45, 2.75) is 13.0 Å². The van der Waals surface area contributed by atoms with Gasteiger partial charge in [0.1, 0.15) is 0 Å². The predicted octanol–water partition coefficient (Wildman–Crippen LogP) is 1.86. The van der Waals surface area contributed by atoms with Gasteiger partial charge in [0, 0.05) is 17.6 Å². The van der Waals surface area contributed by atoms with Crippen molar-refractivity contribution in [3.8, 4) is 0 Å². The molecule has 2 N–H and O–H groups in total. The van der Waals surface area contributed by atoms with Crippen molar-refractivity contribution in [2.75, 3.05) is 31.1 Å². The summed E-state index contributed by atoms with van der Waals surface area (Å²) in [6.45, 7) is 5.23. The van der Waals surface area contributed by atoms with E-state index in [1.54, 1.807) is 0 Å². The predicted molar refractivity (Wildman–Crippen MR) is 74.4 cm³/mol. The van der Waals surface area contributed by atoms with Gasteiger partial charge in [0.25, 0.3) is 0 Å². The summed E-state index contributed by atoms with van der Waals surface area (Å²) >= 11 is 3.59. The van der Waals surface area contributed by atoms with Crippen LogP contribution >= 0.6 is 15.9 Å². The van der Waals surface area contributed by atoms with Crippen LogP contribution in [0.3, 0.4) is 0 Å². The van der Waals surface area contributed by atoms with E-state index in [4.69, 9.17) is 0 Å². The van der Waals surface area contributed by atoms with E-state index in [-0.39, 0.29) is 12.6 Å². The molecule has 1 heterocycles. The first-order valence-corrected chi connectivity index (χ1v) is 6.84. The Morgan fingerprint density at radius 1 is 1.41 bits per heavy atom. The molecule has 4 heteroatoms. The Bertz CT molecular complexity index is 372. The third-order valence-electron chi connectivity index (χ3n) is 3.19. The largest absolute Gasteiger partial charge is 0.394 e. The molecule has 2 atom stereocenters. The summed E-state index contributed by atoms with van der Waals surface area (Å²) in [4.78, 5) is 2.30. The summed E-state index contributed by atoms with van der Waals surface area (Å²) in [5, 5.41) is 12.9. The summed E-state index contributed by atoms with van der Waals surface area (Å²) in [6.07, 6.45) is 0. The number of benzene rings is 1. The average molecular weight is 299 g/mol. The molecule has 1 saturated heterocycles. The summed E-state index contributed by atoms with van der Waals surface area (Å²) in [5.41, 5.74) is 1.17. The van der Waals surface area contributed by atoms with Crippen molar-refractivity contribution in [1.29, 1.82) is 0 Å². The van der Waals surface area contributed by atoms with Gasteiger partial charge in [-0.2, -0.15) is 0 Å². The molecule has 0 aromatic heterocycles. The molecule has 0 bridgehead atoms. The fraction of sp³-hybridized carbons (Fsp3) is 0.538. The number of nitrogens with one attached hydrogen (secondary N) is 1. The molecule has 1 aromatic carbocycles. The van der Waals surface area contributed by atoms with Crippen molar-refractivity contribution in [1.82, 2.24) is 5.32 Å². The lowest BCUT2D eigenvalue weighted by Crippen LogP contribution is -2.43. The number of aliphatic hydroxyl groups excluding tert-OH is 1. The van der Waals surface area contributed by atoms with Crippen LogP contribution in [0, 0.1) is 5.92 Å². The molecule has 1 aliphatic rings. The Kier molecular flexibility index (Phi) is 4.42. The maximum atomic E-state index is 9.53. The number of hydrogen-bond donors (Lipinski definition) is 2. The van der Waals surface area contributed by atoms with E-state index >= 15 is 0 Å². The fourth-order valence-electron chi connectivity index (χ4n) is 2.30. The lowest BCUT2D eigenvalue weighted by atomic mass is 10.1. The topological polar surface area (TPSA) is 35.5 Å². The SMILES string of the molecule is CC1CNCC(CO)N(c2ccccc2Br)C1. The Balaban J connectivity index is 2.28. The van der Waals surface area contributed by atoms with Crippen LogP contribution in [0.4, 0.5) is 5.69 Å². The third kappa shape index (κ3) is 3.00. The zero-order valence-electron chi connectivity index (χ0n) is 10.1.